The van der Waals surface area contributed by atoms with Crippen LogP contribution in [-0.2, 0) is 6.54 Å². The maximum atomic E-state index is 13.4. The number of methoxy groups -OCH3 is 1. The molecular weight excluding hydrogens is 453 g/mol. The molecule has 1 fully saturated rings. The van der Waals surface area contributed by atoms with Crippen LogP contribution in [0.1, 0.15) is 41.5 Å². The Morgan fingerprint density at radius 3 is 2.67 bits per heavy atom. The number of hydrogen-bond donors (Lipinski definition) is 1. The van der Waals surface area contributed by atoms with Crippen molar-refractivity contribution in [3.8, 4) is 5.75 Å². The molecule has 2 aliphatic heterocycles. The third-order valence-corrected chi connectivity index (χ3v) is 7.32. The van der Waals surface area contributed by atoms with E-state index in [1.807, 2.05) is 22.9 Å². The number of nitrogens with one attached hydrogen (secondary N) is 1. The predicted octanol–water partition coefficient (Wildman–Crippen LogP) is 5.46. The van der Waals surface area contributed by atoms with Gasteiger partial charge >= 0.3 is 6.18 Å². The second-order valence-corrected chi connectivity index (χ2v) is 9.43. The maximum Gasteiger partial charge on any atom is 0.406 e. The van der Waals surface area contributed by atoms with E-state index in [-0.39, 0.29) is 5.91 Å². The van der Waals surface area contributed by atoms with Crippen molar-refractivity contribution in [2.45, 2.75) is 38.1 Å². The largest absolute Gasteiger partial charge is 0.494 e. The summed E-state index contributed by atoms with van der Waals surface area (Å²) in [6.07, 6.45) is -1.77. The minimum atomic E-state index is -4.35. The van der Waals surface area contributed by atoms with Crippen molar-refractivity contribution in [3.05, 3.63) is 40.9 Å². The van der Waals surface area contributed by atoms with E-state index in [2.05, 4.69) is 5.32 Å². The minimum Gasteiger partial charge on any atom is -0.494 e. The molecule has 0 spiro atoms. The highest BCUT2D eigenvalue weighted by molar-refractivity contribution is 7.16. The van der Waals surface area contributed by atoms with Crippen LogP contribution in [-0.4, -0.2) is 48.8 Å². The molecular formula is C23H25F3N4O2S. The molecule has 0 saturated carbocycles. The van der Waals surface area contributed by atoms with E-state index in [9.17, 15) is 18.0 Å². The molecule has 1 unspecified atom stereocenters. The van der Waals surface area contributed by atoms with Crippen molar-refractivity contribution in [2.24, 2.45) is 0 Å². The zero-order valence-electron chi connectivity index (χ0n) is 18.4. The summed E-state index contributed by atoms with van der Waals surface area (Å²) in [5, 5.41) is 5.91. The van der Waals surface area contributed by atoms with E-state index >= 15 is 0 Å². The predicted molar refractivity (Wildman–Crippen MR) is 123 cm³/mol. The van der Waals surface area contributed by atoms with Gasteiger partial charge in [-0.3, -0.25) is 4.79 Å². The summed E-state index contributed by atoms with van der Waals surface area (Å²) in [7, 11) is 3.35. The number of likely N-dealkylation sites (tertiary alicyclic amines) is 1. The van der Waals surface area contributed by atoms with Gasteiger partial charge in [0, 0.05) is 31.1 Å². The summed E-state index contributed by atoms with van der Waals surface area (Å²) in [6.45, 7) is 0.399. The average molecular weight is 479 g/mol. The summed E-state index contributed by atoms with van der Waals surface area (Å²) in [6, 6.07) is 7.13. The number of amides is 1. The summed E-state index contributed by atoms with van der Waals surface area (Å²) in [5.41, 5.74) is 2.42. The number of carbonyl (C=O) groups excluding carboxylic acids is 1. The Bertz CT molecular complexity index is 1200. The number of piperidine rings is 1. The zero-order valence-corrected chi connectivity index (χ0v) is 19.2. The highest BCUT2D eigenvalue weighted by Gasteiger charge is 2.37. The van der Waals surface area contributed by atoms with Crippen LogP contribution in [0.3, 0.4) is 0 Å². The second kappa shape index (κ2) is 8.16. The molecule has 0 radical (unpaired) electrons. The smallest absolute Gasteiger partial charge is 0.406 e. The molecule has 2 aromatic heterocycles. The van der Waals surface area contributed by atoms with Gasteiger partial charge in [0.1, 0.15) is 29.0 Å². The van der Waals surface area contributed by atoms with Gasteiger partial charge in [0.15, 0.2) is 0 Å². The van der Waals surface area contributed by atoms with Crippen molar-refractivity contribution >= 4 is 38.8 Å². The molecule has 0 bridgehead atoms. The van der Waals surface area contributed by atoms with Crippen molar-refractivity contribution in [1.82, 2.24) is 9.47 Å². The summed E-state index contributed by atoms with van der Waals surface area (Å²) in [4.78, 5) is 17.4. The molecule has 6 nitrogen and oxygen atoms in total. The number of aromatic nitrogens is 1. The standard InChI is InChI=1S/C23H25F3N4O2S/c1-28-19-16(10-15(12-18(19)32-2)21(31)29-7-4-3-5-8-29)27-20(28)17-11-14-6-9-33-22(14)30(17)13-23(24,25)26/h6,9-12,20,27H,3-5,7-8,13H2,1-2H3. The van der Waals surface area contributed by atoms with Crippen LogP contribution in [0.15, 0.2) is 29.6 Å². The molecule has 2 aliphatic rings. The van der Waals surface area contributed by atoms with Crippen molar-refractivity contribution < 1.29 is 22.7 Å². The van der Waals surface area contributed by atoms with Gasteiger partial charge in [0.25, 0.3) is 5.91 Å². The van der Waals surface area contributed by atoms with Crippen molar-refractivity contribution in [2.75, 3.05) is 37.5 Å². The number of halogens is 3. The molecule has 33 heavy (non-hydrogen) atoms. The molecule has 4 heterocycles. The Balaban J connectivity index is 1.52. The van der Waals surface area contributed by atoms with Crippen LogP contribution in [0.2, 0.25) is 0 Å². The van der Waals surface area contributed by atoms with Crippen molar-refractivity contribution in [3.63, 3.8) is 0 Å². The Morgan fingerprint density at radius 1 is 1.21 bits per heavy atom. The first-order valence-electron chi connectivity index (χ1n) is 10.9. The monoisotopic (exact) mass is 478 g/mol. The summed E-state index contributed by atoms with van der Waals surface area (Å²) >= 11 is 1.29. The number of rotatable bonds is 4. The molecule has 0 aliphatic carbocycles. The number of benzene rings is 1. The second-order valence-electron chi connectivity index (χ2n) is 8.54. The number of nitrogens with zero attached hydrogens (tertiary/aromatic N) is 3. The van der Waals surface area contributed by atoms with Gasteiger partial charge in [0.05, 0.1) is 18.5 Å². The molecule has 1 amide bonds. The molecule has 1 saturated heterocycles. The van der Waals surface area contributed by atoms with Crippen LogP contribution in [0.4, 0.5) is 24.5 Å². The van der Waals surface area contributed by atoms with Crippen LogP contribution in [0, 0.1) is 0 Å². The first-order valence-corrected chi connectivity index (χ1v) is 11.8. The van der Waals surface area contributed by atoms with E-state index in [0.717, 1.165) is 43.4 Å². The van der Waals surface area contributed by atoms with Gasteiger partial charge in [-0.2, -0.15) is 13.2 Å². The quantitative estimate of drug-likeness (QED) is 0.541. The lowest BCUT2D eigenvalue weighted by Crippen LogP contribution is -2.35. The first kappa shape index (κ1) is 21.9. The fourth-order valence-corrected chi connectivity index (χ4v) is 5.75. The third kappa shape index (κ3) is 3.90. The summed E-state index contributed by atoms with van der Waals surface area (Å²) < 4.78 is 47.1. The molecule has 1 N–H and O–H groups in total. The fraction of sp³-hybridized carbons (Fsp3) is 0.435. The number of alkyl halides is 3. The van der Waals surface area contributed by atoms with Gasteiger partial charge in [-0.1, -0.05) is 0 Å². The molecule has 10 heteroatoms. The van der Waals surface area contributed by atoms with Gasteiger partial charge in [-0.15, -0.1) is 11.3 Å². The fourth-order valence-electron chi connectivity index (χ4n) is 4.85. The number of carbonyl (C=O) groups is 1. The van der Waals surface area contributed by atoms with Crippen LogP contribution in [0.25, 0.3) is 10.2 Å². The Labute approximate surface area is 193 Å². The third-order valence-electron chi connectivity index (χ3n) is 6.37. The molecule has 1 atom stereocenters. The number of anilines is 2. The molecule has 1 aromatic carbocycles. The maximum absolute atomic E-state index is 13.4. The highest BCUT2D eigenvalue weighted by atomic mass is 32.1. The molecule has 5 rings (SSSR count). The Morgan fingerprint density at radius 2 is 1.97 bits per heavy atom. The lowest BCUT2D eigenvalue weighted by atomic mass is 10.1. The summed E-state index contributed by atoms with van der Waals surface area (Å²) in [5.74, 6) is 0.464. The van der Waals surface area contributed by atoms with Gasteiger partial charge in [-0.25, -0.2) is 0 Å². The van der Waals surface area contributed by atoms with E-state index < -0.39 is 18.9 Å². The van der Waals surface area contributed by atoms with Crippen LogP contribution in [0.5, 0.6) is 5.75 Å². The lowest BCUT2D eigenvalue weighted by Gasteiger charge is -2.27. The van der Waals surface area contributed by atoms with Gasteiger partial charge < -0.3 is 24.4 Å². The average Bonchev–Trinajstić information content (AvgIpc) is 3.47. The first-order chi connectivity index (χ1) is 15.8. The highest BCUT2D eigenvalue weighted by Crippen LogP contribution is 2.48. The topological polar surface area (TPSA) is 49.7 Å². The molecule has 3 aromatic rings. The number of ether oxygens (including phenoxy) is 1. The molecule has 176 valence electrons. The number of hydrogen-bond acceptors (Lipinski definition) is 5. The number of thiophene rings is 1. The van der Waals surface area contributed by atoms with E-state index in [4.69, 9.17) is 4.74 Å². The van der Waals surface area contributed by atoms with Gasteiger partial charge in [-0.05, 0) is 48.9 Å². The zero-order chi connectivity index (χ0) is 23.3. The Hall–Kier alpha value is -2.88. The minimum absolute atomic E-state index is 0.0512. The normalized spacial score (nSPS) is 18.5. The lowest BCUT2D eigenvalue weighted by molar-refractivity contribution is -0.140. The van der Waals surface area contributed by atoms with E-state index in [1.54, 1.807) is 23.6 Å². The van der Waals surface area contributed by atoms with Gasteiger partial charge in [0.2, 0.25) is 0 Å². The van der Waals surface area contributed by atoms with E-state index in [0.29, 0.717) is 27.5 Å². The van der Waals surface area contributed by atoms with E-state index in [1.165, 1.54) is 23.0 Å². The van der Waals surface area contributed by atoms with Crippen LogP contribution < -0.4 is 15.0 Å². The number of fused-ring (bicyclic) bond motifs is 2. The van der Waals surface area contributed by atoms with Crippen molar-refractivity contribution in [1.29, 1.82) is 0 Å². The SMILES string of the molecule is COc1cc(C(=O)N2CCCCC2)cc2c1N(C)C(c1cc3ccsc3n1CC(F)(F)F)N2. The Kier molecular flexibility index (Phi) is 5.43. The van der Waals surface area contributed by atoms with Crippen LogP contribution >= 0.6 is 11.3 Å².